The highest BCUT2D eigenvalue weighted by atomic mass is 16.5. The van der Waals surface area contributed by atoms with Crippen LogP contribution in [0.4, 0.5) is 11.5 Å². The van der Waals surface area contributed by atoms with Crippen molar-refractivity contribution in [2.75, 3.05) is 25.5 Å². The number of pyridine rings is 1. The maximum atomic E-state index is 12.5. The number of anilines is 2. The second kappa shape index (κ2) is 8.53. The number of hydrogen-bond donors (Lipinski definition) is 1. The molecule has 0 saturated heterocycles. The predicted octanol–water partition coefficient (Wildman–Crippen LogP) is 3.21. The molecule has 0 aliphatic carbocycles. The molecular formula is C18H20N4O2. The third-order valence-electron chi connectivity index (χ3n) is 3.37. The zero-order valence-corrected chi connectivity index (χ0v) is 13.8. The Morgan fingerprint density at radius 2 is 2.08 bits per heavy atom. The number of ether oxygens (including phenoxy) is 1. The number of carbonyl (C=O) groups is 1. The number of benzene rings is 1. The van der Waals surface area contributed by atoms with E-state index >= 15 is 0 Å². The van der Waals surface area contributed by atoms with Gasteiger partial charge < -0.3 is 15.0 Å². The van der Waals surface area contributed by atoms with Crippen molar-refractivity contribution in [3.8, 4) is 11.8 Å². The second-order valence-corrected chi connectivity index (χ2v) is 5.12. The minimum Gasteiger partial charge on any atom is -0.494 e. The van der Waals surface area contributed by atoms with Gasteiger partial charge in [-0.1, -0.05) is 0 Å². The lowest BCUT2D eigenvalue weighted by Crippen LogP contribution is -2.28. The number of carbonyl (C=O) groups excluding carboxylic acids is 1. The van der Waals surface area contributed by atoms with Gasteiger partial charge in [-0.2, -0.15) is 5.26 Å². The third-order valence-corrected chi connectivity index (χ3v) is 3.37. The van der Waals surface area contributed by atoms with Crippen LogP contribution in [0, 0.1) is 11.3 Å². The van der Waals surface area contributed by atoms with Crippen LogP contribution in [0.5, 0.6) is 5.75 Å². The average Bonchev–Trinajstić information content (AvgIpc) is 2.61. The standard InChI is InChI=1S/C18H20N4O2/c1-3-24-15-9-7-14(8-10-15)21-17-16(6-4-12-20-17)18(23)22(2)13-5-11-19/h4,6-10,12H,3,5,13H2,1-2H3,(H,20,21). The molecule has 1 heterocycles. The van der Waals surface area contributed by atoms with Gasteiger partial charge in [-0.3, -0.25) is 4.79 Å². The van der Waals surface area contributed by atoms with Crippen LogP contribution in [0.25, 0.3) is 0 Å². The van der Waals surface area contributed by atoms with Crippen LogP contribution >= 0.6 is 0 Å². The van der Waals surface area contributed by atoms with Crippen LogP contribution in [0.3, 0.4) is 0 Å². The lowest BCUT2D eigenvalue weighted by Gasteiger charge is -2.17. The van der Waals surface area contributed by atoms with E-state index in [0.717, 1.165) is 11.4 Å². The summed E-state index contributed by atoms with van der Waals surface area (Å²) in [4.78, 5) is 18.3. The Kier molecular flexibility index (Phi) is 6.15. The number of nitrogens with one attached hydrogen (secondary N) is 1. The molecule has 2 rings (SSSR count). The summed E-state index contributed by atoms with van der Waals surface area (Å²) in [5.41, 5.74) is 1.28. The minimum absolute atomic E-state index is 0.174. The summed E-state index contributed by atoms with van der Waals surface area (Å²) in [5.74, 6) is 1.10. The van der Waals surface area contributed by atoms with Gasteiger partial charge in [0, 0.05) is 25.5 Å². The lowest BCUT2D eigenvalue weighted by molar-refractivity contribution is 0.0798. The van der Waals surface area contributed by atoms with Crippen molar-refractivity contribution in [3.63, 3.8) is 0 Å². The van der Waals surface area contributed by atoms with Crippen molar-refractivity contribution in [2.45, 2.75) is 13.3 Å². The molecule has 0 aliphatic heterocycles. The largest absolute Gasteiger partial charge is 0.494 e. The molecule has 1 N–H and O–H groups in total. The molecule has 0 bridgehead atoms. The van der Waals surface area contributed by atoms with E-state index in [2.05, 4.69) is 10.3 Å². The fourth-order valence-corrected chi connectivity index (χ4v) is 2.14. The number of rotatable bonds is 7. The van der Waals surface area contributed by atoms with Gasteiger partial charge in [-0.25, -0.2) is 4.98 Å². The van der Waals surface area contributed by atoms with Crippen LogP contribution < -0.4 is 10.1 Å². The first-order valence-electron chi connectivity index (χ1n) is 7.73. The van der Waals surface area contributed by atoms with Gasteiger partial charge in [0.15, 0.2) is 0 Å². The number of nitrogens with zero attached hydrogens (tertiary/aromatic N) is 3. The molecule has 0 spiro atoms. The molecule has 0 radical (unpaired) electrons. The summed E-state index contributed by atoms with van der Waals surface area (Å²) in [5, 5.41) is 11.8. The Morgan fingerprint density at radius 3 is 2.75 bits per heavy atom. The van der Waals surface area contributed by atoms with Crippen molar-refractivity contribution in [3.05, 3.63) is 48.2 Å². The molecule has 0 aliphatic rings. The highest BCUT2D eigenvalue weighted by Gasteiger charge is 2.16. The zero-order valence-electron chi connectivity index (χ0n) is 13.8. The van der Waals surface area contributed by atoms with Crippen LogP contribution in [0.1, 0.15) is 23.7 Å². The summed E-state index contributed by atoms with van der Waals surface area (Å²) in [6.45, 7) is 2.92. The Hall–Kier alpha value is -3.07. The highest BCUT2D eigenvalue weighted by Crippen LogP contribution is 2.22. The Bertz CT molecular complexity index is 723. The van der Waals surface area contributed by atoms with Gasteiger partial charge in [0.2, 0.25) is 0 Å². The molecule has 1 aromatic heterocycles. The monoisotopic (exact) mass is 324 g/mol. The summed E-state index contributed by atoms with van der Waals surface area (Å²) in [7, 11) is 1.67. The van der Waals surface area contributed by atoms with Crippen LogP contribution in [0.15, 0.2) is 42.6 Å². The quantitative estimate of drug-likeness (QED) is 0.846. The molecule has 24 heavy (non-hydrogen) atoms. The summed E-state index contributed by atoms with van der Waals surface area (Å²) < 4.78 is 5.41. The van der Waals surface area contributed by atoms with Gasteiger partial charge >= 0.3 is 0 Å². The number of aromatic nitrogens is 1. The molecule has 0 fully saturated rings. The van der Waals surface area contributed by atoms with Crippen molar-refractivity contribution in [2.24, 2.45) is 0 Å². The molecule has 0 saturated carbocycles. The van der Waals surface area contributed by atoms with E-state index in [1.165, 1.54) is 4.90 Å². The Balaban J connectivity index is 2.16. The van der Waals surface area contributed by atoms with Gasteiger partial charge in [-0.05, 0) is 43.3 Å². The average molecular weight is 324 g/mol. The normalized spacial score (nSPS) is 9.88. The Morgan fingerprint density at radius 1 is 1.33 bits per heavy atom. The van der Waals surface area contributed by atoms with E-state index in [0.29, 0.717) is 31.0 Å². The van der Waals surface area contributed by atoms with E-state index in [1.807, 2.05) is 37.3 Å². The van der Waals surface area contributed by atoms with E-state index in [4.69, 9.17) is 10.00 Å². The molecule has 0 atom stereocenters. The smallest absolute Gasteiger partial charge is 0.257 e. The summed E-state index contributed by atoms with van der Waals surface area (Å²) in [6, 6.07) is 12.9. The van der Waals surface area contributed by atoms with Crippen molar-refractivity contribution < 1.29 is 9.53 Å². The van der Waals surface area contributed by atoms with Crippen molar-refractivity contribution in [1.82, 2.24) is 9.88 Å². The van der Waals surface area contributed by atoms with E-state index in [9.17, 15) is 4.79 Å². The fourth-order valence-electron chi connectivity index (χ4n) is 2.14. The van der Waals surface area contributed by atoms with Crippen LogP contribution in [0.2, 0.25) is 0 Å². The molecule has 6 heteroatoms. The first-order valence-corrected chi connectivity index (χ1v) is 7.73. The molecule has 124 valence electrons. The fraction of sp³-hybridized carbons (Fsp3) is 0.278. The molecule has 0 unspecified atom stereocenters. The van der Waals surface area contributed by atoms with E-state index in [-0.39, 0.29) is 5.91 Å². The Labute approximate surface area is 141 Å². The first-order chi connectivity index (χ1) is 11.7. The second-order valence-electron chi connectivity index (χ2n) is 5.12. The molecule has 1 amide bonds. The van der Waals surface area contributed by atoms with Crippen LogP contribution in [-0.2, 0) is 0 Å². The van der Waals surface area contributed by atoms with Gasteiger partial charge in [0.05, 0.1) is 24.7 Å². The van der Waals surface area contributed by atoms with Crippen LogP contribution in [-0.4, -0.2) is 36.0 Å². The van der Waals surface area contributed by atoms with Gasteiger partial charge in [0.25, 0.3) is 5.91 Å². The summed E-state index contributed by atoms with van der Waals surface area (Å²) in [6.07, 6.45) is 1.92. The van der Waals surface area contributed by atoms with Gasteiger partial charge in [-0.15, -0.1) is 0 Å². The third kappa shape index (κ3) is 4.46. The zero-order chi connectivity index (χ0) is 17.4. The molecule has 2 aromatic rings. The number of nitriles is 1. The summed E-state index contributed by atoms with van der Waals surface area (Å²) >= 11 is 0. The van der Waals surface area contributed by atoms with E-state index < -0.39 is 0 Å². The molecule has 1 aromatic carbocycles. The topological polar surface area (TPSA) is 78.2 Å². The maximum Gasteiger partial charge on any atom is 0.257 e. The first kappa shape index (κ1) is 17.3. The van der Waals surface area contributed by atoms with Crippen molar-refractivity contribution in [1.29, 1.82) is 5.26 Å². The molecule has 6 nitrogen and oxygen atoms in total. The van der Waals surface area contributed by atoms with Gasteiger partial charge in [0.1, 0.15) is 11.6 Å². The number of amides is 1. The lowest BCUT2D eigenvalue weighted by atomic mass is 10.2. The molecular weight excluding hydrogens is 304 g/mol. The predicted molar refractivity (Wildman–Crippen MR) is 92.3 cm³/mol. The minimum atomic E-state index is -0.174. The SMILES string of the molecule is CCOc1ccc(Nc2ncccc2C(=O)N(C)CCC#N)cc1. The highest BCUT2D eigenvalue weighted by molar-refractivity contribution is 5.99. The maximum absolute atomic E-state index is 12.5. The van der Waals surface area contributed by atoms with Crippen molar-refractivity contribution >= 4 is 17.4 Å². The number of hydrogen-bond acceptors (Lipinski definition) is 5. The van der Waals surface area contributed by atoms with E-state index in [1.54, 1.807) is 25.4 Å².